The van der Waals surface area contributed by atoms with Crippen LogP contribution in [0.25, 0.3) is 0 Å². The van der Waals surface area contributed by atoms with Crippen LogP contribution >= 0.6 is 0 Å². The minimum Gasteiger partial charge on any atom is -0.494 e. The quantitative estimate of drug-likeness (QED) is 0.791. The topological polar surface area (TPSA) is 58.6 Å². The number of carbonyl (C=O) groups excluding carboxylic acids is 2. The molecule has 5 heteroatoms. The van der Waals surface area contributed by atoms with Crippen LogP contribution in [0.2, 0.25) is 0 Å². The number of carbonyl (C=O) groups is 2. The molecule has 2 aromatic rings. The predicted molar refractivity (Wildman–Crippen MR) is 110 cm³/mol. The van der Waals surface area contributed by atoms with Crippen LogP contribution in [0.15, 0.2) is 54.6 Å². The van der Waals surface area contributed by atoms with Gasteiger partial charge >= 0.3 is 0 Å². The summed E-state index contributed by atoms with van der Waals surface area (Å²) in [5.41, 5.74) is 1.88. The van der Waals surface area contributed by atoms with Crippen molar-refractivity contribution in [1.29, 1.82) is 0 Å². The van der Waals surface area contributed by atoms with Crippen LogP contribution in [-0.4, -0.2) is 25.0 Å². The number of hydrogen-bond donors (Lipinski definition) is 1. The predicted octanol–water partition coefficient (Wildman–Crippen LogP) is 3.95. The van der Waals surface area contributed by atoms with E-state index < -0.39 is 0 Å². The molecule has 0 spiro atoms. The standard InChI is InChI=1S/C23H28N2O3/c1-4-28-20-12-10-19(11-13-20)25-15-18(14-21(25)26)23(27)24-22(16(2)3)17-8-6-5-7-9-17/h5-13,16,18,22H,4,14-15H2,1-3H3,(H,24,27). The van der Waals surface area contributed by atoms with Gasteiger partial charge in [-0.15, -0.1) is 0 Å². The van der Waals surface area contributed by atoms with Crippen LogP contribution in [0.3, 0.4) is 0 Å². The third kappa shape index (κ3) is 4.53. The van der Waals surface area contributed by atoms with Gasteiger partial charge in [0.2, 0.25) is 11.8 Å². The van der Waals surface area contributed by atoms with Gasteiger partial charge in [-0.25, -0.2) is 0 Å². The van der Waals surface area contributed by atoms with E-state index in [0.29, 0.717) is 13.2 Å². The van der Waals surface area contributed by atoms with Gasteiger partial charge in [-0.2, -0.15) is 0 Å². The minimum absolute atomic E-state index is 0.0230. The van der Waals surface area contributed by atoms with Crippen molar-refractivity contribution in [3.8, 4) is 5.75 Å². The van der Waals surface area contributed by atoms with Crippen LogP contribution in [0, 0.1) is 11.8 Å². The highest BCUT2D eigenvalue weighted by atomic mass is 16.5. The minimum atomic E-state index is -0.343. The molecular formula is C23H28N2O3. The zero-order chi connectivity index (χ0) is 20.1. The fourth-order valence-corrected chi connectivity index (χ4v) is 3.59. The molecule has 28 heavy (non-hydrogen) atoms. The molecule has 0 aliphatic carbocycles. The summed E-state index contributed by atoms with van der Waals surface area (Å²) in [7, 11) is 0. The molecule has 0 saturated carbocycles. The van der Waals surface area contributed by atoms with Crippen molar-refractivity contribution in [1.82, 2.24) is 5.32 Å². The molecule has 5 nitrogen and oxygen atoms in total. The number of nitrogens with one attached hydrogen (secondary N) is 1. The van der Waals surface area contributed by atoms with E-state index in [4.69, 9.17) is 4.74 Å². The molecule has 1 saturated heterocycles. The fraction of sp³-hybridized carbons (Fsp3) is 0.391. The van der Waals surface area contributed by atoms with Gasteiger partial charge < -0.3 is 15.0 Å². The summed E-state index contributed by atoms with van der Waals surface area (Å²) < 4.78 is 5.45. The molecular weight excluding hydrogens is 352 g/mol. The monoisotopic (exact) mass is 380 g/mol. The first-order valence-electron chi connectivity index (χ1n) is 9.88. The summed E-state index contributed by atoms with van der Waals surface area (Å²) in [5.74, 6) is 0.596. The van der Waals surface area contributed by atoms with Crippen molar-refractivity contribution in [2.24, 2.45) is 11.8 Å². The summed E-state index contributed by atoms with van der Waals surface area (Å²) >= 11 is 0. The van der Waals surface area contributed by atoms with Crippen molar-refractivity contribution in [2.75, 3.05) is 18.1 Å². The van der Waals surface area contributed by atoms with Crippen molar-refractivity contribution >= 4 is 17.5 Å². The molecule has 2 amide bonds. The van der Waals surface area contributed by atoms with E-state index in [1.165, 1.54) is 0 Å². The molecule has 2 unspecified atom stereocenters. The molecule has 3 rings (SSSR count). The number of amides is 2. The first-order valence-corrected chi connectivity index (χ1v) is 9.88. The molecule has 2 aromatic carbocycles. The van der Waals surface area contributed by atoms with Crippen molar-refractivity contribution in [3.05, 3.63) is 60.2 Å². The maximum Gasteiger partial charge on any atom is 0.227 e. The molecule has 148 valence electrons. The Morgan fingerprint density at radius 2 is 1.82 bits per heavy atom. The average Bonchev–Trinajstić information content (AvgIpc) is 3.09. The Labute approximate surface area is 166 Å². The van der Waals surface area contributed by atoms with Crippen molar-refractivity contribution in [3.63, 3.8) is 0 Å². The first-order chi connectivity index (χ1) is 13.5. The van der Waals surface area contributed by atoms with Gasteiger partial charge in [0.15, 0.2) is 0 Å². The van der Waals surface area contributed by atoms with E-state index >= 15 is 0 Å². The number of nitrogens with zero attached hydrogens (tertiary/aromatic N) is 1. The van der Waals surface area contributed by atoms with Crippen molar-refractivity contribution in [2.45, 2.75) is 33.2 Å². The normalized spacial score (nSPS) is 17.6. The Bertz CT molecular complexity index is 802. The molecule has 1 aliphatic heterocycles. The average molecular weight is 380 g/mol. The van der Waals surface area contributed by atoms with E-state index in [0.717, 1.165) is 17.0 Å². The lowest BCUT2D eigenvalue weighted by Crippen LogP contribution is -2.37. The fourth-order valence-electron chi connectivity index (χ4n) is 3.59. The summed E-state index contributed by atoms with van der Waals surface area (Å²) in [6, 6.07) is 17.3. The molecule has 1 fully saturated rings. The molecule has 0 radical (unpaired) electrons. The SMILES string of the molecule is CCOc1ccc(N2CC(C(=O)NC(c3ccccc3)C(C)C)CC2=O)cc1. The maximum atomic E-state index is 12.9. The van der Waals surface area contributed by atoms with Crippen LogP contribution < -0.4 is 15.0 Å². The second kappa shape index (κ2) is 8.91. The van der Waals surface area contributed by atoms with E-state index in [1.807, 2.05) is 61.5 Å². The van der Waals surface area contributed by atoms with Crippen molar-refractivity contribution < 1.29 is 14.3 Å². The molecule has 0 bridgehead atoms. The molecule has 1 aliphatic rings. The van der Waals surface area contributed by atoms with E-state index in [9.17, 15) is 9.59 Å². The summed E-state index contributed by atoms with van der Waals surface area (Å²) in [6.07, 6.45) is 0.235. The van der Waals surface area contributed by atoms with Crippen LogP contribution in [0.1, 0.15) is 38.8 Å². The van der Waals surface area contributed by atoms with E-state index in [2.05, 4.69) is 19.2 Å². The molecule has 0 aromatic heterocycles. The van der Waals surface area contributed by atoms with Gasteiger partial charge in [-0.3, -0.25) is 9.59 Å². The van der Waals surface area contributed by atoms with E-state index in [1.54, 1.807) is 4.90 Å². The second-order valence-electron chi connectivity index (χ2n) is 7.47. The van der Waals surface area contributed by atoms with Gasteiger partial charge in [-0.05, 0) is 42.7 Å². The number of hydrogen-bond acceptors (Lipinski definition) is 3. The van der Waals surface area contributed by atoms with Crippen LogP contribution in [0.4, 0.5) is 5.69 Å². The summed E-state index contributed by atoms with van der Waals surface area (Å²) in [5, 5.41) is 3.16. The molecule has 2 atom stereocenters. The molecule has 1 heterocycles. The second-order valence-corrected chi connectivity index (χ2v) is 7.47. The summed E-state index contributed by atoms with van der Waals surface area (Å²) in [6.45, 7) is 7.11. The van der Waals surface area contributed by atoms with Gasteiger partial charge in [0.05, 0.1) is 18.6 Å². The van der Waals surface area contributed by atoms with Crippen LogP contribution in [-0.2, 0) is 9.59 Å². The summed E-state index contributed by atoms with van der Waals surface area (Å²) in [4.78, 5) is 27.1. The lowest BCUT2D eigenvalue weighted by molar-refractivity contribution is -0.127. The van der Waals surface area contributed by atoms with Gasteiger partial charge in [0, 0.05) is 18.7 Å². The Hall–Kier alpha value is -2.82. The number of anilines is 1. The Morgan fingerprint density at radius 1 is 1.14 bits per heavy atom. The zero-order valence-corrected chi connectivity index (χ0v) is 16.7. The maximum absolute atomic E-state index is 12.9. The highest BCUT2D eigenvalue weighted by Gasteiger charge is 2.36. The number of benzene rings is 2. The lowest BCUT2D eigenvalue weighted by atomic mass is 9.95. The van der Waals surface area contributed by atoms with Gasteiger partial charge in [0.1, 0.15) is 5.75 Å². The van der Waals surface area contributed by atoms with Crippen LogP contribution in [0.5, 0.6) is 5.75 Å². The smallest absolute Gasteiger partial charge is 0.227 e. The highest BCUT2D eigenvalue weighted by molar-refractivity contribution is 6.00. The number of ether oxygens (including phenoxy) is 1. The highest BCUT2D eigenvalue weighted by Crippen LogP contribution is 2.28. The third-order valence-electron chi connectivity index (χ3n) is 5.08. The van der Waals surface area contributed by atoms with E-state index in [-0.39, 0.29) is 36.1 Å². The first kappa shape index (κ1) is 19.9. The van der Waals surface area contributed by atoms with Gasteiger partial charge in [-0.1, -0.05) is 44.2 Å². The Morgan fingerprint density at radius 3 is 2.43 bits per heavy atom. The number of rotatable bonds is 7. The molecule has 1 N–H and O–H groups in total. The largest absolute Gasteiger partial charge is 0.494 e. The lowest BCUT2D eigenvalue weighted by Gasteiger charge is -2.24. The Balaban J connectivity index is 1.67. The van der Waals surface area contributed by atoms with Gasteiger partial charge in [0.25, 0.3) is 0 Å². The third-order valence-corrected chi connectivity index (χ3v) is 5.08. The Kier molecular flexibility index (Phi) is 6.34. The zero-order valence-electron chi connectivity index (χ0n) is 16.7.